The van der Waals surface area contributed by atoms with Crippen LogP contribution in [-0.4, -0.2) is 99.3 Å². The Balaban J connectivity index is 1.22. The van der Waals surface area contributed by atoms with Gasteiger partial charge in [0.1, 0.15) is 47.9 Å². The van der Waals surface area contributed by atoms with Crippen LogP contribution in [0.15, 0.2) is 83.3 Å². The zero-order valence-corrected chi connectivity index (χ0v) is 27.1. The normalized spacial score (nSPS) is 20.1. The first-order valence-corrected chi connectivity index (χ1v) is 15.5. The van der Waals surface area contributed by atoms with Crippen molar-refractivity contribution in [2.24, 2.45) is 0 Å². The highest BCUT2D eigenvalue weighted by Gasteiger charge is 2.48. The molecule has 2 heterocycles. The lowest BCUT2D eigenvalue weighted by molar-refractivity contribution is -0.286. The van der Waals surface area contributed by atoms with Gasteiger partial charge in [0, 0.05) is 18.5 Å². The molecule has 4 aromatic rings. The Morgan fingerprint density at radius 2 is 1.52 bits per heavy atom. The molecule has 3 aromatic carbocycles. The maximum Gasteiger partial charge on any atom is 0.416 e. The molecule has 0 unspecified atom stereocenters. The number of carboxylic acids is 1. The van der Waals surface area contributed by atoms with Gasteiger partial charge in [0.25, 0.3) is 0 Å². The molecule has 0 bridgehead atoms. The zero-order valence-electron chi connectivity index (χ0n) is 27.1. The molecule has 5 atom stereocenters. The van der Waals surface area contributed by atoms with E-state index in [1.807, 2.05) is 37.3 Å². The Labute approximate surface area is 286 Å². The number of benzene rings is 3. The molecule has 1 aromatic heterocycles. The third kappa shape index (κ3) is 8.95. The van der Waals surface area contributed by atoms with Gasteiger partial charge in [-0.2, -0.15) is 0 Å². The van der Waals surface area contributed by atoms with E-state index in [0.717, 1.165) is 16.2 Å². The second kappa shape index (κ2) is 16.3. The van der Waals surface area contributed by atoms with Crippen LogP contribution < -0.4 is 14.2 Å². The molecule has 5 rings (SSSR count). The number of rotatable bonds is 13. The highest BCUT2D eigenvalue weighted by atomic mass is 16.7. The van der Waals surface area contributed by atoms with Crippen molar-refractivity contribution in [1.29, 1.82) is 0 Å². The van der Waals surface area contributed by atoms with Gasteiger partial charge in [-0.1, -0.05) is 30.3 Å². The molecule has 0 aliphatic carbocycles. The third-order valence-corrected chi connectivity index (χ3v) is 7.72. The van der Waals surface area contributed by atoms with E-state index in [-0.39, 0.29) is 12.3 Å². The number of carbonyl (C=O) groups is 3. The van der Waals surface area contributed by atoms with Gasteiger partial charge in [-0.15, -0.1) is 0 Å². The highest BCUT2D eigenvalue weighted by molar-refractivity contribution is 5.79. The predicted octanol–water partition coefficient (Wildman–Crippen LogP) is 2.72. The number of ether oxygens (including phenoxy) is 5. The molecule has 1 aliphatic rings. The molecular weight excluding hydrogens is 656 g/mol. The van der Waals surface area contributed by atoms with E-state index >= 15 is 0 Å². The molecule has 264 valence electrons. The number of aliphatic hydroxyl groups excluding tert-OH is 3. The molecule has 1 amide bonds. The number of aliphatic hydroxyl groups is 3. The lowest BCUT2D eigenvalue weighted by Gasteiger charge is -2.38. The number of oxazole rings is 1. The number of aliphatic carboxylic acids is 1. The van der Waals surface area contributed by atoms with Gasteiger partial charge in [-0.05, 0) is 61.0 Å². The fourth-order valence-corrected chi connectivity index (χ4v) is 5.01. The van der Waals surface area contributed by atoms with Crippen LogP contribution in [0.1, 0.15) is 17.0 Å². The van der Waals surface area contributed by atoms with Gasteiger partial charge < -0.3 is 48.5 Å². The standard InChI is InChI=1S/C35H36N2O13/c1-20-26(36-32(47-20)22-6-4-3-5-7-22)16-17-46-24-10-8-21(9-11-24)18-37(35(44)48-25-14-12-23(45-2)13-15-25)19-27(38)49-34-30(41)28(39)29(40)31(50-34)33(42)43/h3-15,28-31,34,39-41H,16-19H2,1-2H3,(H,42,43)/t28-,29-,30-,31+,34+/m1/s1. The number of amides is 1. The largest absolute Gasteiger partial charge is 0.497 e. The number of carbonyl (C=O) groups excluding carboxylic acids is 2. The van der Waals surface area contributed by atoms with E-state index < -0.39 is 55.3 Å². The van der Waals surface area contributed by atoms with Crippen LogP contribution in [0.4, 0.5) is 4.79 Å². The van der Waals surface area contributed by atoms with E-state index in [4.69, 9.17) is 28.1 Å². The summed E-state index contributed by atoms with van der Waals surface area (Å²) in [6.07, 6.45) is -10.3. The molecule has 1 saturated heterocycles. The van der Waals surface area contributed by atoms with Crippen LogP contribution in [0.2, 0.25) is 0 Å². The minimum absolute atomic E-state index is 0.141. The van der Waals surface area contributed by atoms with Gasteiger partial charge in [0.2, 0.25) is 12.2 Å². The van der Waals surface area contributed by atoms with Crippen molar-refractivity contribution in [2.75, 3.05) is 20.3 Å². The topological polar surface area (TPSA) is 208 Å². The first-order chi connectivity index (χ1) is 24.0. The minimum Gasteiger partial charge on any atom is -0.497 e. The first-order valence-electron chi connectivity index (χ1n) is 15.5. The number of aryl methyl sites for hydroxylation is 1. The summed E-state index contributed by atoms with van der Waals surface area (Å²) in [5.74, 6) is -0.309. The summed E-state index contributed by atoms with van der Waals surface area (Å²) in [5.41, 5.74) is 2.22. The van der Waals surface area contributed by atoms with Crippen molar-refractivity contribution in [1.82, 2.24) is 9.88 Å². The summed E-state index contributed by atoms with van der Waals surface area (Å²) >= 11 is 0. The maximum absolute atomic E-state index is 13.3. The van der Waals surface area contributed by atoms with Crippen LogP contribution in [0, 0.1) is 6.92 Å². The summed E-state index contributed by atoms with van der Waals surface area (Å²) in [5, 5.41) is 39.5. The van der Waals surface area contributed by atoms with Crippen LogP contribution >= 0.6 is 0 Å². The van der Waals surface area contributed by atoms with Crippen molar-refractivity contribution in [3.05, 3.63) is 95.9 Å². The fraction of sp³-hybridized carbons (Fsp3) is 0.314. The fourth-order valence-electron chi connectivity index (χ4n) is 5.01. The first kappa shape index (κ1) is 35.8. The molecule has 0 saturated carbocycles. The Bertz CT molecular complexity index is 1740. The van der Waals surface area contributed by atoms with Gasteiger partial charge in [0.15, 0.2) is 6.10 Å². The lowest BCUT2D eigenvalue weighted by Crippen LogP contribution is -2.60. The Kier molecular flexibility index (Phi) is 11.7. The van der Waals surface area contributed by atoms with Crippen molar-refractivity contribution in [3.8, 4) is 28.7 Å². The number of nitrogens with zero attached hydrogens (tertiary/aromatic N) is 2. The van der Waals surface area contributed by atoms with Crippen LogP contribution in [0.3, 0.4) is 0 Å². The van der Waals surface area contributed by atoms with Gasteiger partial charge in [-0.25, -0.2) is 14.6 Å². The Hall–Kier alpha value is -5.48. The number of hydrogen-bond donors (Lipinski definition) is 4. The summed E-state index contributed by atoms with van der Waals surface area (Å²) in [7, 11) is 1.48. The van der Waals surface area contributed by atoms with Gasteiger partial charge >= 0.3 is 18.0 Å². The molecule has 0 radical (unpaired) electrons. The van der Waals surface area contributed by atoms with E-state index in [9.17, 15) is 34.8 Å². The summed E-state index contributed by atoms with van der Waals surface area (Å²) in [6, 6.07) is 22.5. The van der Waals surface area contributed by atoms with E-state index in [2.05, 4.69) is 4.98 Å². The Morgan fingerprint density at radius 3 is 2.18 bits per heavy atom. The number of hydrogen-bond acceptors (Lipinski definition) is 13. The minimum atomic E-state index is -1.98. The SMILES string of the molecule is COc1ccc(OC(=O)N(CC(=O)O[C@H]2O[C@H](C(=O)O)[C@H](O)[C@@H](O)[C@H]2O)Cc2ccc(OCCc3nc(-c4ccccc4)oc3C)cc2)cc1. The molecule has 1 fully saturated rings. The highest BCUT2D eigenvalue weighted by Crippen LogP contribution is 2.25. The summed E-state index contributed by atoms with van der Waals surface area (Å²) in [6.45, 7) is 1.29. The number of aromatic nitrogens is 1. The van der Waals surface area contributed by atoms with Crippen molar-refractivity contribution < 1.29 is 62.9 Å². The number of methoxy groups -OCH3 is 1. The van der Waals surface area contributed by atoms with Crippen molar-refractivity contribution in [3.63, 3.8) is 0 Å². The zero-order chi connectivity index (χ0) is 35.8. The van der Waals surface area contributed by atoms with Crippen molar-refractivity contribution >= 4 is 18.0 Å². The van der Waals surface area contributed by atoms with Crippen molar-refractivity contribution in [2.45, 2.75) is 50.6 Å². The summed E-state index contributed by atoms with van der Waals surface area (Å²) in [4.78, 5) is 43.2. The molecule has 0 spiro atoms. The Morgan fingerprint density at radius 1 is 0.860 bits per heavy atom. The summed E-state index contributed by atoms with van der Waals surface area (Å²) < 4.78 is 32.4. The van der Waals surface area contributed by atoms with E-state index in [1.54, 1.807) is 36.4 Å². The lowest BCUT2D eigenvalue weighted by atomic mass is 9.99. The molecule has 1 aliphatic heterocycles. The second-order valence-corrected chi connectivity index (χ2v) is 11.3. The van der Waals surface area contributed by atoms with Crippen LogP contribution in [0.5, 0.6) is 17.2 Å². The molecule has 50 heavy (non-hydrogen) atoms. The molecule has 15 nitrogen and oxygen atoms in total. The smallest absolute Gasteiger partial charge is 0.416 e. The average molecular weight is 693 g/mol. The number of esters is 1. The molecule has 15 heteroatoms. The van der Waals surface area contributed by atoms with Gasteiger partial charge in [-0.3, -0.25) is 9.69 Å². The van der Waals surface area contributed by atoms with E-state index in [0.29, 0.717) is 41.7 Å². The third-order valence-electron chi connectivity index (χ3n) is 7.72. The monoisotopic (exact) mass is 692 g/mol. The second-order valence-electron chi connectivity index (χ2n) is 11.3. The van der Waals surface area contributed by atoms with Gasteiger partial charge in [0.05, 0.1) is 19.4 Å². The van der Waals surface area contributed by atoms with Crippen LogP contribution in [-0.2, 0) is 32.0 Å². The van der Waals surface area contributed by atoms with Crippen LogP contribution in [0.25, 0.3) is 11.5 Å². The average Bonchev–Trinajstić information content (AvgIpc) is 3.49. The van der Waals surface area contributed by atoms with E-state index in [1.165, 1.54) is 19.2 Å². The molecular formula is C35H36N2O13. The molecule has 4 N–H and O–H groups in total. The predicted molar refractivity (Wildman–Crippen MR) is 172 cm³/mol. The maximum atomic E-state index is 13.3. The number of carboxylic acid groups (broad SMARTS) is 1. The quantitative estimate of drug-likeness (QED) is 0.149.